The van der Waals surface area contributed by atoms with E-state index in [-0.39, 0.29) is 23.8 Å². The van der Waals surface area contributed by atoms with E-state index in [1.54, 1.807) is 0 Å². The molecule has 0 heterocycles. The fourth-order valence-corrected chi connectivity index (χ4v) is 3.10. The van der Waals surface area contributed by atoms with Crippen molar-refractivity contribution in [3.05, 3.63) is 64.7 Å². The number of nitrogens with one attached hydrogen (secondary N) is 2. The molecule has 2 aromatic carbocycles. The molecule has 0 saturated heterocycles. The fraction of sp³-hybridized carbons (Fsp3) is 0.316. The summed E-state index contributed by atoms with van der Waals surface area (Å²) in [6.07, 6.45) is -3.62. The number of amides is 2. The minimum atomic E-state index is -4.52. The van der Waals surface area contributed by atoms with Crippen LogP contribution >= 0.6 is 0 Å². The van der Waals surface area contributed by atoms with Crippen LogP contribution in [0, 0.1) is 0 Å². The van der Waals surface area contributed by atoms with Gasteiger partial charge in [-0.05, 0) is 35.2 Å². The van der Waals surface area contributed by atoms with Crippen LogP contribution in [0.1, 0.15) is 28.2 Å². The molecule has 1 aliphatic carbocycles. The minimum absolute atomic E-state index is 0.0116. The van der Waals surface area contributed by atoms with Crippen LogP contribution in [-0.4, -0.2) is 19.7 Å². The van der Waals surface area contributed by atoms with Gasteiger partial charge in [-0.2, -0.15) is 13.2 Å². The number of rotatable bonds is 5. The fourth-order valence-electron chi connectivity index (χ4n) is 3.10. The summed E-state index contributed by atoms with van der Waals surface area (Å²) in [4.78, 5) is 11.9. The van der Waals surface area contributed by atoms with Crippen molar-refractivity contribution < 1.29 is 22.7 Å². The lowest BCUT2D eigenvalue weighted by Gasteiger charge is -2.30. The normalized spacial score (nSPS) is 15.6. The van der Waals surface area contributed by atoms with E-state index in [9.17, 15) is 18.0 Å². The first-order chi connectivity index (χ1) is 12.4. The number of alkyl halides is 3. The van der Waals surface area contributed by atoms with Crippen LogP contribution in [0.2, 0.25) is 0 Å². The van der Waals surface area contributed by atoms with Gasteiger partial charge in [-0.1, -0.05) is 30.3 Å². The van der Waals surface area contributed by atoms with Crippen molar-refractivity contribution >= 4 is 6.03 Å². The second-order valence-electron chi connectivity index (χ2n) is 6.18. The molecule has 0 aromatic heterocycles. The molecule has 0 aliphatic heterocycles. The summed E-state index contributed by atoms with van der Waals surface area (Å²) in [5.41, 5.74) is 1.66. The first kappa shape index (κ1) is 18.1. The van der Waals surface area contributed by atoms with Crippen molar-refractivity contribution in [1.29, 1.82) is 0 Å². The molecule has 0 saturated carbocycles. The highest BCUT2D eigenvalue weighted by Crippen LogP contribution is 2.35. The Morgan fingerprint density at radius 1 is 1.19 bits per heavy atom. The van der Waals surface area contributed by atoms with Crippen LogP contribution in [0.25, 0.3) is 0 Å². The van der Waals surface area contributed by atoms with Crippen molar-refractivity contribution in [2.24, 2.45) is 0 Å². The Labute approximate surface area is 149 Å². The van der Waals surface area contributed by atoms with Gasteiger partial charge >= 0.3 is 12.2 Å². The molecule has 2 N–H and O–H groups in total. The highest BCUT2D eigenvalue weighted by molar-refractivity contribution is 5.74. The first-order valence-corrected chi connectivity index (χ1v) is 8.22. The van der Waals surface area contributed by atoms with Crippen LogP contribution < -0.4 is 15.4 Å². The number of carbonyl (C=O) groups excluding carboxylic acids is 1. The lowest BCUT2D eigenvalue weighted by molar-refractivity contribution is -0.138. The van der Waals surface area contributed by atoms with Gasteiger partial charge in [0.2, 0.25) is 0 Å². The van der Waals surface area contributed by atoms with E-state index >= 15 is 0 Å². The van der Waals surface area contributed by atoms with Gasteiger partial charge in [0.05, 0.1) is 12.7 Å². The Morgan fingerprint density at radius 3 is 2.65 bits per heavy atom. The van der Waals surface area contributed by atoms with Gasteiger partial charge in [-0.3, -0.25) is 0 Å². The van der Waals surface area contributed by atoms with Crippen LogP contribution in [-0.2, 0) is 19.1 Å². The van der Waals surface area contributed by atoms with E-state index in [4.69, 9.17) is 4.74 Å². The number of hydrogen-bond acceptors (Lipinski definition) is 2. The van der Waals surface area contributed by atoms with Crippen LogP contribution in [0.4, 0.5) is 18.0 Å². The molecule has 3 rings (SSSR count). The van der Waals surface area contributed by atoms with Gasteiger partial charge < -0.3 is 15.4 Å². The van der Waals surface area contributed by atoms with E-state index in [1.807, 2.05) is 24.3 Å². The summed E-state index contributed by atoms with van der Waals surface area (Å²) < 4.78 is 44.3. The van der Waals surface area contributed by atoms with Crippen molar-refractivity contribution in [3.63, 3.8) is 0 Å². The third kappa shape index (κ3) is 3.92. The molecule has 138 valence electrons. The third-order valence-corrected chi connectivity index (χ3v) is 4.53. The highest BCUT2D eigenvalue weighted by Gasteiger charge is 2.34. The van der Waals surface area contributed by atoms with Crippen molar-refractivity contribution in [3.8, 4) is 5.75 Å². The van der Waals surface area contributed by atoms with E-state index < -0.39 is 17.8 Å². The SMILES string of the molecule is COc1ccc(CNC(=O)NCC2Cc3ccccc32)c(C(F)(F)F)c1. The summed E-state index contributed by atoms with van der Waals surface area (Å²) in [6.45, 7) is 0.240. The number of urea groups is 1. The van der Waals surface area contributed by atoms with Gasteiger partial charge in [0.15, 0.2) is 0 Å². The van der Waals surface area contributed by atoms with E-state index in [0.29, 0.717) is 6.54 Å². The molecule has 2 aromatic rings. The molecule has 0 fully saturated rings. The number of ether oxygens (including phenoxy) is 1. The molecule has 0 spiro atoms. The molecule has 1 atom stereocenters. The quantitative estimate of drug-likeness (QED) is 0.847. The largest absolute Gasteiger partial charge is 0.497 e. The Morgan fingerprint density at radius 2 is 1.96 bits per heavy atom. The summed E-state index contributed by atoms with van der Waals surface area (Å²) in [5.74, 6) is 0.373. The van der Waals surface area contributed by atoms with E-state index in [0.717, 1.165) is 12.5 Å². The molecule has 4 nitrogen and oxygen atoms in total. The zero-order chi connectivity index (χ0) is 18.7. The average Bonchev–Trinajstić information content (AvgIpc) is 2.59. The average molecular weight is 364 g/mol. The highest BCUT2D eigenvalue weighted by atomic mass is 19.4. The van der Waals surface area contributed by atoms with Gasteiger partial charge in [-0.15, -0.1) is 0 Å². The smallest absolute Gasteiger partial charge is 0.416 e. The second-order valence-corrected chi connectivity index (χ2v) is 6.18. The Bertz CT molecular complexity index is 806. The number of halogens is 3. The molecular weight excluding hydrogens is 345 g/mol. The Balaban J connectivity index is 1.55. The van der Waals surface area contributed by atoms with E-state index in [1.165, 1.54) is 30.4 Å². The number of fused-ring (bicyclic) bond motifs is 1. The standard InChI is InChI=1S/C19H19F3N2O2/c1-26-15-7-6-13(17(9-15)19(20,21)22)10-23-18(25)24-11-14-8-12-4-2-3-5-16(12)14/h2-7,9,14H,8,10-11H2,1H3,(H2,23,24,25). The van der Waals surface area contributed by atoms with E-state index in [2.05, 4.69) is 10.6 Å². The topological polar surface area (TPSA) is 50.4 Å². The molecule has 0 bridgehead atoms. The number of carbonyl (C=O) groups is 1. The number of methoxy groups -OCH3 is 1. The van der Waals surface area contributed by atoms with Gasteiger partial charge in [0.1, 0.15) is 5.75 Å². The second kappa shape index (κ2) is 7.27. The predicted molar refractivity (Wildman–Crippen MR) is 91.1 cm³/mol. The monoisotopic (exact) mass is 364 g/mol. The molecule has 0 radical (unpaired) electrons. The van der Waals surface area contributed by atoms with Crippen LogP contribution in [0.15, 0.2) is 42.5 Å². The first-order valence-electron chi connectivity index (χ1n) is 8.22. The predicted octanol–water partition coefficient (Wildman–Crippen LogP) is 3.85. The molecule has 26 heavy (non-hydrogen) atoms. The van der Waals surface area contributed by atoms with Crippen LogP contribution in [0.5, 0.6) is 5.75 Å². The van der Waals surface area contributed by atoms with Gasteiger partial charge in [-0.25, -0.2) is 4.79 Å². The number of hydrogen-bond donors (Lipinski definition) is 2. The Kier molecular flexibility index (Phi) is 5.06. The van der Waals surface area contributed by atoms with Crippen molar-refractivity contribution in [2.75, 3.05) is 13.7 Å². The number of benzene rings is 2. The lowest BCUT2D eigenvalue weighted by Crippen LogP contribution is -2.39. The van der Waals surface area contributed by atoms with Crippen molar-refractivity contribution in [1.82, 2.24) is 10.6 Å². The zero-order valence-electron chi connectivity index (χ0n) is 14.2. The maximum atomic E-state index is 13.2. The summed E-state index contributed by atoms with van der Waals surface area (Å²) in [6, 6.07) is 11.2. The molecule has 2 amide bonds. The van der Waals surface area contributed by atoms with Gasteiger partial charge in [0.25, 0.3) is 0 Å². The van der Waals surface area contributed by atoms with Gasteiger partial charge in [0, 0.05) is 19.0 Å². The molecule has 1 unspecified atom stereocenters. The molecule has 1 aliphatic rings. The third-order valence-electron chi connectivity index (χ3n) is 4.53. The summed E-state index contributed by atoms with van der Waals surface area (Å²) in [7, 11) is 1.31. The van der Waals surface area contributed by atoms with Crippen LogP contribution in [0.3, 0.4) is 0 Å². The Hall–Kier alpha value is -2.70. The van der Waals surface area contributed by atoms with Crippen molar-refractivity contribution in [2.45, 2.75) is 25.1 Å². The molecular formula is C19H19F3N2O2. The zero-order valence-corrected chi connectivity index (χ0v) is 14.2. The lowest BCUT2D eigenvalue weighted by atomic mass is 9.78. The summed E-state index contributed by atoms with van der Waals surface area (Å²) in [5, 5.41) is 5.21. The summed E-state index contributed by atoms with van der Waals surface area (Å²) >= 11 is 0. The minimum Gasteiger partial charge on any atom is -0.497 e. The maximum Gasteiger partial charge on any atom is 0.416 e. The maximum absolute atomic E-state index is 13.2. The molecule has 7 heteroatoms.